The molecule has 3 rings (SSSR count). The van der Waals surface area contributed by atoms with E-state index in [1.165, 1.54) is 0 Å². The van der Waals surface area contributed by atoms with Crippen molar-refractivity contribution in [2.45, 2.75) is 25.9 Å². The molecule has 3 aromatic rings. The molecule has 6 heteroatoms. The first-order valence-electron chi connectivity index (χ1n) is 6.90. The highest BCUT2D eigenvalue weighted by molar-refractivity contribution is 5.80. The van der Waals surface area contributed by atoms with Crippen molar-refractivity contribution in [1.82, 2.24) is 14.5 Å². The lowest BCUT2D eigenvalue weighted by atomic mass is 10.1. The van der Waals surface area contributed by atoms with E-state index < -0.39 is 17.2 Å². The van der Waals surface area contributed by atoms with Crippen LogP contribution in [0.4, 0.5) is 8.78 Å². The number of aromatic nitrogens is 3. The number of fused-ring (bicyclic) bond motifs is 1. The van der Waals surface area contributed by atoms with Gasteiger partial charge in [0.2, 0.25) is 0 Å². The molecule has 0 radical (unpaired) electrons. The summed E-state index contributed by atoms with van der Waals surface area (Å²) in [5, 5.41) is 0. The molecule has 0 aliphatic carbocycles. The van der Waals surface area contributed by atoms with E-state index in [9.17, 15) is 8.78 Å². The Kier molecular flexibility index (Phi) is 3.41. The number of rotatable bonds is 3. The average Bonchev–Trinajstić information content (AvgIpc) is 2.77. The zero-order chi connectivity index (χ0) is 15.9. The molecule has 0 bridgehead atoms. The lowest BCUT2D eigenvalue weighted by Gasteiger charge is -2.21. The van der Waals surface area contributed by atoms with Crippen molar-refractivity contribution in [2.24, 2.45) is 5.73 Å². The van der Waals surface area contributed by atoms with E-state index in [-0.39, 0.29) is 0 Å². The zero-order valence-corrected chi connectivity index (χ0v) is 12.3. The SMILES string of the molecule is CC(C)(N)Cn1c(-c2cccnc2)nc2cc(F)c(F)cc21. The highest BCUT2D eigenvalue weighted by Crippen LogP contribution is 2.27. The van der Waals surface area contributed by atoms with Gasteiger partial charge in [-0.1, -0.05) is 0 Å². The molecule has 0 spiro atoms. The number of nitrogens with two attached hydrogens (primary N) is 1. The molecule has 0 saturated carbocycles. The van der Waals surface area contributed by atoms with Gasteiger partial charge >= 0.3 is 0 Å². The lowest BCUT2D eigenvalue weighted by molar-refractivity contribution is 0.442. The van der Waals surface area contributed by atoms with E-state index in [1.54, 1.807) is 23.0 Å². The molecule has 0 atom stereocenters. The highest BCUT2D eigenvalue weighted by Gasteiger charge is 2.20. The van der Waals surface area contributed by atoms with E-state index >= 15 is 0 Å². The molecule has 1 aromatic carbocycles. The minimum atomic E-state index is -0.915. The van der Waals surface area contributed by atoms with Crippen molar-refractivity contribution in [3.8, 4) is 11.4 Å². The fraction of sp³-hybridized carbons (Fsp3) is 0.250. The van der Waals surface area contributed by atoms with Gasteiger partial charge in [0.05, 0.1) is 11.0 Å². The Morgan fingerprint density at radius 2 is 1.95 bits per heavy atom. The molecule has 2 N–H and O–H groups in total. The van der Waals surface area contributed by atoms with Crippen LogP contribution in [0, 0.1) is 11.6 Å². The lowest BCUT2D eigenvalue weighted by Crippen LogP contribution is -2.37. The number of benzene rings is 1. The van der Waals surface area contributed by atoms with Gasteiger partial charge in [0, 0.05) is 42.2 Å². The van der Waals surface area contributed by atoms with Crippen LogP contribution >= 0.6 is 0 Å². The number of hydrogen-bond donors (Lipinski definition) is 1. The van der Waals surface area contributed by atoms with Crippen LogP contribution in [0.5, 0.6) is 0 Å². The van der Waals surface area contributed by atoms with Crippen molar-refractivity contribution in [2.75, 3.05) is 0 Å². The summed E-state index contributed by atoms with van der Waals surface area (Å²) in [5.41, 5.74) is 7.24. The van der Waals surface area contributed by atoms with Crippen LogP contribution < -0.4 is 5.73 Å². The molecule has 0 aliphatic heterocycles. The molecule has 114 valence electrons. The van der Waals surface area contributed by atoms with Gasteiger partial charge in [-0.3, -0.25) is 4.98 Å². The Hall–Kier alpha value is -2.34. The minimum absolute atomic E-state index is 0.391. The summed E-state index contributed by atoms with van der Waals surface area (Å²) in [5.74, 6) is -1.23. The van der Waals surface area contributed by atoms with Crippen molar-refractivity contribution in [3.63, 3.8) is 0 Å². The summed E-state index contributed by atoms with van der Waals surface area (Å²) in [7, 11) is 0. The second kappa shape index (κ2) is 5.14. The van der Waals surface area contributed by atoms with Gasteiger partial charge in [-0.25, -0.2) is 13.8 Å². The molecule has 0 saturated heterocycles. The molecule has 0 fully saturated rings. The first kappa shape index (κ1) is 14.6. The summed E-state index contributed by atoms with van der Waals surface area (Å²) in [6, 6.07) is 5.89. The number of imidazole rings is 1. The maximum absolute atomic E-state index is 13.6. The third kappa shape index (κ3) is 2.69. The fourth-order valence-electron chi connectivity index (χ4n) is 2.40. The van der Waals surface area contributed by atoms with Gasteiger partial charge in [-0.05, 0) is 26.0 Å². The summed E-state index contributed by atoms with van der Waals surface area (Å²) >= 11 is 0. The first-order valence-corrected chi connectivity index (χ1v) is 6.90. The Morgan fingerprint density at radius 1 is 1.23 bits per heavy atom. The van der Waals surface area contributed by atoms with E-state index in [0.29, 0.717) is 23.4 Å². The Balaban J connectivity index is 2.28. The van der Waals surface area contributed by atoms with Crippen LogP contribution in [-0.4, -0.2) is 20.1 Å². The van der Waals surface area contributed by atoms with E-state index in [2.05, 4.69) is 9.97 Å². The molecule has 2 aromatic heterocycles. The maximum Gasteiger partial charge on any atom is 0.161 e. The first-order chi connectivity index (χ1) is 10.3. The van der Waals surface area contributed by atoms with Gasteiger partial charge in [0.15, 0.2) is 11.6 Å². The molecule has 0 amide bonds. The van der Waals surface area contributed by atoms with Crippen molar-refractivity contribution < 1.29 is 8.78 Å². The van der Waals surface area contributed by atoms with Crippen LogP contribution in [0.25, 0.3) is 22.4 Å². The number of hydrogen-bond acceptors (Lipinski definition) is 3. The van der Waals surface area contributed by atoms with Crippen LogP contribution in [0.1, 0.15) is 13.8 Å². The fourth-order valence-corrected chi connectivity index (χ4v) is 2.40. The third-order valence-electron chi connectivity index (χ3n) is 3.28. The predicted molar refractivity (Wildman–Crippen MR) is 81.1 cm³/mol. The van der Waals surface area contributed by atoms with Crippen molar-refractivity contribution in [1.29, 1.82) is 0 Å². The topological polar surface area (TPSA) is 56.7 Å². The van der Waals surface area contributed by atoms with Crippen LogP contribution in [-0.2, 0) is 6.54 Å². The van der Waals surface area contributed by atoms with E-state index in [0.717, 1.165) is 17.7 Å². The van der Waals surface area contributed by atoms with Gasteiger partial charge in [-0.15, -0.1) is 0 Å². The van der Waals surface area contributed by atoms with E-state index in [4.69, 9.17) is 5.73 Å². The molecule has 22 heavy (non-hydrogen) atoms. The molecule has 0 aliphatic rings. The van der Waals surface area contributed by atoms with Crippen LogP contribution in [0.15, 0.2) is 36.7 Å². The monoisotopic (exact) mass is 302 g/mol. The smallest absolute Gasteiger partial charge is 0.161 e. The normalized spacial score (nSPS) is 12.0. The predicted octanol–water partition coefficient (Wildman–Crippen LogP) is 3.11. The number of nitrogens with zero attached hydrogens (tertiary/aromatic N) is 3. The third-order valence-corrected chi connectivity index (χ3v) is 3.28. The standard InChI is InChI=1S/C16H16F2N4/c1-16(2,19)9-22-14-7-12(18)11(17)6-13(14)21-15(22)10-4-3-5-20-8-10/h3-8H,9,19H2,1-2H3. The van der Waals surface area contributed by atoms with Crippen molar-refractivity contribution >= 4 is 11.0 Å². The number of halogens is 2. The van der Waals surface area contributed by atoms with Crippen LogP contribution in [0.3, 0.4) is 0 Å². The highest BCUT2D eigenvalue weighted by atomic mass is 19.2. The quantitative estimate of drug-likeness (QED) is 0.808. The van der Waals surface area contributed by atoms with Gasteiger partial charge < -0.3 is 10.3 Å². The van der Waals surface area contributed by atoms with Crippen molar-refractivity contribution in [3.05, 3.63) is 48.3 Å². The molecule has 0 unspecified atom stereocenters. The summed E-state index contributed by atoms with van der Waals surface area (Å²) in [6.07, 6.45) is 3.32. The zero-order valence-electron chi connectivity index (χ0n) is 12.3. The molecular weight excluding hydrogens is 286 g/mol. The van der Waals surface area contributed by atoms with E-state index in [1.807, 2.05) is 19.9 Å². The summed E-state index contributed by atoms with van der Waals surface area (Å²) < 4.78 is 28.9. The number of pyridine rings is 1. The molecular formula is C16H16F2N4. The van der Waals surface area contributed by atoms with Gasteiger partial charge in [0.1, 0.15) is 5.82 Å². The Bertz CT molecular complexity index is 820. The molecule has 4 nitrogen and oxygen atoms in total. The Morgan fingerprint density at radius 3 is 2.59 bits per heavy atom. The molecule has 2 heterocycles. The Labute approximate surface area is 126 Å². The van der Waals surface area contributed by atoms with Gasteiger partial charge in [-0.2, -0.15) is 0 Å². The largest absolute Gasteiger partial charge is 0.324 e. The second-order valence-electron chi connectivity index (χ2n) is 6.01. The summed E-state index contributed by atoms with van der Waals surface area (Å²) in [6.45, 7) is 4.15. The second-order valence-corrected chi connectivity index (χ2v) is 6.01. The summed E-state index contributed by atoms with van der Waals surface area (Å²) in [4.78, 5) is 8.50. The maximum atomic E-state index is 13.6. The minimum Gasteiger partial charge on any atom is -0.324 e. The van der Waals surface area contributed by atoms with Crippen LogP contribution in [0.2, 0.25) is 0 Å². The average molecular weight is 302 g/mol. The van der Waals surface area contributed by atoms with Gasteiger partial charge in [0.25, 0.3) is 0 Å².